The highest BCUT2D eigenvalue weighted by atomic mass is 32.1. The molecule has 16 heavy (non-hydrogen) atoms. The number of aromatic nitrogens is 3. The van der Waals surface area contributed by atoms with Crippen molar-refractivity contribution in [2.75, 3.05) is 6.54 Å². The Labute approximate surface area is 98.7 Å². The van der Waals surface area contributed by atoms with E-state index in [4.69, 9.17) is 0 Å². The van der Waals surface area contributed by atoms with Gasteiger partial charge in [-0.25, -0.2) is 9.50 Å². The zero-order valence-electron chi connectivity index (χ0n) is 9.66. The van der Waals surface area contributed by atoms with Crippen molar-refractivity contribution in [3.8, 4) is 0 Å². The zero-order valence-corrected chi connectivity index (χ0v) is 10.5. The molecule has 0 spiro atoms. The molecule has 2 aromatic rings. The number of aryl methyl sites for hydroxylation is 1. The van der Waals surface area contributed by atoms with Gasteiger partial charge in [-0.1, -0.05) is 25.2 Å². The van der Waals surface area contributed by atoms with Crippen molar-refractivity contribution in [3.63, 3.8) is 0 Å². The lowest BCUT2D eigenvalue weighted by atomic mass is 10.1. The quantitative estimate of drug-likeness (QED) is 0.866. The lowest BCUT2D eigenvalue weighted by molar-refractivity contribution is 0.491. The highest BCUT2D eigenvalue weighted by molar-refractivity contribution is 7.17. The van der Waals surface area contributed by atoms with Crippen molar-refractivity contribution in [2.45, 2.75) is 39.2 Å². The number of fused-ring (bicyclic) bond motifs is 3. The van der Waals surface area contributed by atoms with Crippen LogP contribution in [0.25, 0.3) is 4.96 Å². The molecule has 0 saturated heterocycles. The van der Waals surface area contributed by atoms with E-state index in [1.807, 2.05) is 0 Å². The van der Waals surface area contributed by atoms with E-state index in [1.165, 1.54) is 10.6 Å². The third kappa shape index (κ3) is 1.38. The van der Waals surface area contributed by atoms with Gasteiger partial charge in [0.1, 0.15) is 0 Å². The van der Waals surface area contributed by atoms with Crippen LogP contribution in [0.3, 0.4) is 0 Å². The summed E-state index contributed by atoms with van der Waals surface area (Å²) in [6.45, 7) is 5.38. The monoisotopic (exact) mass is 236 g/mol. The minimum absolute atomic E-state index is 0.502. The highest BCUT2D eigenvalue weighted by Gasteiger charge is 2.24. The minimum atomic E-state index is 0.502. The van der Waals surface area contributed by atoms with E-state index >= 15 is 0 Å². The fourth-order valence-corrected chi connectivity index (χ4v) is 3.56. The van der Waals surface area contributed by atoms with Gasteiger partial charge in [-0.3, -0.25) is 0 Å². The molecule has 86 valence electrons. The molecule has 1 unspecified atom stereocenters. The maximum Gasteiger partial charge on any atom is 0.212 e. The molecule has 5 heteroatoms. The Morgan fingerprint density at radius 2 is 2.38 bits per heavy atom. The van der Waals surface area contributed by atoms with Crippen molar-refractivity contribution in [1.29, 1.82) is 0 Å². The molecule has 0 bridgehead atoms. The van der Waals surface area contributed by atoms with Gasteiger partial charge in [0, 0.05) is 30.3 Å². The van der Waals surface area contributed by atoms with Gasteiger partial charge in [0.05, 0.1) is 5.69 Å². The second-order valence-corrected chi connectivity index (χ2v) is 5.16. The Morgan fingerprint density at radius 1 is 1.50 bits per heavy atom. The molecule has 3 rings (SSSR count). The van der Waals surface area contributed by atoms with E-state index in [1.54, 1.807) is 11.3 Å². The first-order chi connectivity index (χ1) is 7.83. The molecule has 0 radical (unpaired) electrons. The van der Waals surface area contributed by atoms with Crippen LogP contribution in [0.15, 0.2) is 0 Å². The fourth-order valence-electron chi connectivity index (χ4n) is 2.28. The Morgan fingerprint density at radius 3 is 3.12 bits per heavy atom. The normalized spacial score (nSPS) is 20.2. The molecule has 0 fully saturated rings. The summed E-state index contributed by atoms with van der Waals surface area (Å²) in [6.07, 6.45) is 3.12. The van der Waals surface area contributed by atoms with Crippen LogP contribution < -0.4 is 5.32 Å². The van der Waals surface area contributed by atoms with Crippen molar-refractivity contribution in [2.24, 2.45) is 0 Å². The van der Waals surface area contributed by atoms with E-state index in [0.717, 1.165) is 36.6 Å². The van der Waals surface area contributed by atoms with Crippen LogP contribution in [0.5, 0.6) is 0 Å². The van der Waals surface area contributed by atoms with E-state index in [2.05, 4.69) is 33.8 Å². The molecule has 2 aromatic heterocycles. The number of nitrogens with one attached hydrogen (secondary N) is 1. The summed E-state index contributed by atoms with van der Waals surface area (Å²) in [5.41, 5.74) is 1.37. The van der Waals surface area contributed by atoms with Crippen LogP contribution in [-0.4, -0.2) is 21.1 Å². The number of nitrogens with zero attached hydrogens (tertiary/aromatic N) is 3. The van der Waals surface area contributed by atoms with Crippen LogP contribution in [0, 0.1) is 0 Å². The third-order valence-electron chi connectivity index (χ3n) is 3.16. The van der Waals surface area contributed by atoms with Gasteiger partial charge in [0.25, 0.3) is 0 Å². The maximum absolute atomic E-state index is 4.56. The topological polar surface area (TPSA) is 42.2 Å². The summed E-state index contributed by atoms with van der Waals surface area (Å²) in [6, 6.07) is 0.502. The Hall–Kier alpha value is -0.940. The average Bonchev–Trinajstić information content (AvgIpc) is 2.85. The van der Waals surface area contributed by atoms with Crippen molar-refractivity contribution >= 4 is 16.3 Å². The molecule has 0 amide bonds. The summed E-state index contributed by atoms with van der Waals surface area (Å²) >= 11 is 1.80. The SMILES string of the molecule is CCc1nc2sc3c(n2n1)CCNC3CC. The second-order valence-electron chi connectivity index (χ2n) is 4.15. The number of thiazole rings is 1. The molecule has 4 nitrogen and oxygen atoms in total. The van der Waals surface area contributed by atoms with Crippen LogP contribution in [-0.2, 0) is 12.8 Å². The summed E-state index contributed by atoms with van der Waals surface area (Å²) < 4.78 is 2.06. The van der Waals surface area contributed by atoms with Gasteiger partial charge < -0.3 is 5.32 Å². The lowest BCUT2D eigenvalue weighted by Crippen LogP contribution is -2.29. The maximum atomic E-state index is 4.56. The first-order valence-electron chi connectivity index (χ1n) is 5.94. The van der Waals surface area contributed by atoms with Crippen LogP contribution in [0.1, 0.15) is 42.7 Å². The summed E-state index contributed by atoms with van der Waals surface area (Å²) in [5, 5.41) is 8.11. The predicted octanol–water partition coefficient (Wildman–Crippen LogP) is 1.95. The predicted molar refractivity (Wildman–Crippen MR) is 65.0 cm³/mol. The van der Waals surface area contributed by atoms with E-state index < -0.39 is 0 Å². The van der Waals surface area contributed by atoms with Gasteiger partial charge in [0.15, 0.2) is 5.82 Å². The van der Waals surface area contributed by atoms with Crippen LogP contribution in [0.2, 0.25) is 0 Å². The lowest BCUT2D eigenvalue weighted by Gasteiger charge is -2.21. The van der Waals surface area contributed by atoms with Crippen molar-refractivity contribution < 1.29 is 0 Å². The first kappa shape index (κ1) is 10.2. The molecule has 3 heterocycles. The Kier molecular flexibility index (Phi) is 2.44. The molecule has 1 aliphatic rings. The van der Waals surface area contributed by atoms with E-state index in [-0.39, 0.29) is 0 Å². The third-order valence-corrected chi connectivity index (χ3v) is 4.34. The number of rotatable bonds is 2. The smallest absolute Gasteiger partial charge is 0.212 e. The molecule has 0 saturated carbocycles. The number of hydrogen-bond acceptors (Lipinski definition) is 4. The summed E-state index contributed by atoms with van der Waals surface area (Å²) in [5.74, 6) is 0.959. The number of hydrogen-bond donors (Lipinski definition) is 1. The van der Waals surface area contributed by atoms with E-state index in [9.17, 15) is 0 Å². The highest BCUT2D eigenvalue weighted by Crippen LogP contribution is 2.32. The van der Waals surface area contributed by atoms with Gasteiger partial charge in [0.2, 0.25) is 4.96 Å². The average molecular weight is 236 g/mol. The fraction of sp³-hybridized carbons (Fsp3) is 0.636. The van der Waals surface area contributed by atoms with E-state index in [0.29, 0.717) is 6.04 Å². The summed E-state index contributed by atoms with van der Waals surface area (Å²) in [7, 11) is 0. The second kappa shape index (κ2) is 3.82. The molecular formula is C11H16N4S. The summed E-state index contributed by atoms with van der Waals surface area (Å²) in [4.78, 5) is 7.04. The molecule has 1 atom stereocenters. The van der Waals surface area contributed by atoms with Crippen molar-refractivity contribution in [3.05, 3.63) is 16.4 Å². The van der Waals surface area contributed by atoms with Gasteiger partial charge in [-0.2, -0.15) is 5.10 Å². The van der Waals surface area contributed by atoms with Gasteiger partial charge in [-0.15, -0.1) is 0 Å². The molecular weight excluding hydrogens is 220 g/mol. The molecule has 0 aromatic carbocycles. The molecule has 0 aliphatic carbocycles. The molecule has 1 N–H and O–H groups in total. The van der Waals surface area contributed by atoms with Crippen molar-refractivity contribution in [1.82, 2.24) is 19.9 Å². The zero-order chi connectivity index (χ0) is 11.1. The molecule has 1 aliphatic heterocycles. The van der Waals surface area contributed by atoms with Crippen LogP contribution >= 0.6 is 11.3 Å². The standard InChI is InChI=1S/C11H16N4S/c1-3-7-10-8(5-6-12-7)15-11(16-10)13-9(4-2)14-15/h7,12H,3-6H2,1-2H3. The van der Waals surface area contributed by atoms with Gasteiger partial charge >= 0.3 is 0 Å². The van der Waals surface area contributed by atoms with Gasteiger partial charge in [-0.05, 0) is 6.42 Å². The van der Waals surface area contributed by atoms with Crippen LogP contribution in [0.4, 0.5) is 0 Å². The minimum Gasteiger partial charge on any atom is -0.309 e. The largest absolute Gasteiger partial charge is 0.309 e. The first-order valence-corrected chi connectivity index (χ1v) is 6.75. The Balaban J connectivity index is 2.15. The Bertz CT molecular complexity index is 513.